The van der Waals surface area contributed by atoms with E-state index in [0.717, 1.165) is 24.2 Å². The second kappa shape index (κ2) is 4.20. The van der Waals surface area contributed by atoms with Crippen molar-refractivity contribution in [1.82, 2.24) is 20.2 Å². The fraction of sp³-hybridized carbons (Fsp3) is 0.583. The number of rotatable bonds is 1. The van der Waals surface area contributed by atoms with Crippen molar-refractivity contribution in [3.8, 4) is 5.88 Å². The number of aromatic amines is 1. The van der Waals surface area contributed by atoms with E-state index in [0.29, 0.717) is 24.7 Å². The highest BCUT2D eigenvalue weighted by Crippen LogP contribution is 2.35. The number of nitrogens with two attached hydrogens (primary N) is 1. The molecule has 0 radical (unpaired) electrons. The Kier molecular flexibility index (Phi) is 2.46. The van der Waals surface area contributed by atoms with Gasteiger partial charge in [0.05, 0.1) is 25.3 Å². The summed E-state index contributed by atoms with van der Waals surface area (Å²) in [5, 5.41) is 7.79. The van der Waals surface area contributed by atoms with Gasteiger partial charge in [-0.1, -0.05) is 0 Å². The van der Waals surface area contributed by atoms with Crippen LogP contribution in [0.5, 0.6) is 5.88 Å². The van der Waals surface area contributed by atoms with E-state index in [2.05, 4.69) is 32.0 Å². The molecule has 3 N–H and O–H groups in total. The van der Waals surface area contributed by atoms with Gasteiger partial charge in [0.15, 0.2) is 5.65 Å². The molecule has 0 spiro atoms. The highest BCUT2D eigenvalue weighted by Gasteiger charge is 2.32. The normalized spacial score (nSPS) is 25.8. The van der Waals surface area contributed by atoms with E-state index in [9.17, 15) is 0 Å². The van der Waals surface area contributed by atoms with E-state index < -0.39 is 0 Å². The van der Waals surface area contributed by atoms with Gasteiger partial charge in [-0.2, -0.15) is 9.97 Å². The summed E-state index contributed by atoms with van der Waals surface area (Å²) < 4.78 is 11.3. The molecule has 2 atom stereocenters. The Bertz CT molecular complexity index is 657. The van der Waals surface area contributed by atoms with Crippen molar-refractivity contribution in [1.29, 1.82) is 0 Å². The molecular formula is C12H16N6O2. The third-order valence-corrected chi connectivity index (χ3v) is 3.85. The van der Waals surface area contributed by atoms with Crippen molar-refractivity contribution >= 4 is 22.8 Å². The molecule has 0 saturated carbocycles. The number of anilines is 2. The average Bonchev–Trinajstić information content (AvgIpc) is 2.96. The molecule has 0 bridgehead atoms. The molecular weight excluding hydrogens is 260 g/mol. The summed E-state index contributed by atoms with van der Waals surface area (Å²) in [6.07, 6.45) is 1.24. The zero-order valence-corrected chi connectivity index (χ0v) is 11.2. The van der Waals surface area contributed by atoms with Crippen LogP contribution in [0.4, 0.5) is 11.8 Å². The smallest absolute Gasteiger partial charge is 0.246 e. The van der Waals surface area contributed by atoms with Crippen molar-refractivity contribution < 1.29 is 9.47 Å². The van der Waals surface area contributed by atoms with E-state index >= 15 is 0 Å². The minimum atomic E-state index is 0.238. The maximum atomic E-state index is 5.80. The number of hydrogen-bond acceptors (Lipinski definition) is 7. The van der Waals surface area contributed by atoms with Crippen molar-refractivity contribution in [2.45, 2.75) is 25.5 Å². The lowest BCUT2D eigenvalue weighted by Gasteiger charge is -2.27. The second-order valence-corrected chi connectivity index (χ2v) is 5.23. The molecule has 0 amide bonds. The van der Waals surface area contributed by atoms with E-state index in [-0.39, 0.29) is 18.1 Å². The van der Waals surface area contributed by atoms with Crippen molar-refractivity contribution in [2.24, 2.45) is 0 Å². The lowest BCUT2D eigenvalue weighted by Crippen LogP contribution is -2.39. The number of H-pyrrole nitrogens is 1. The van der Waals surface area contributed by atoms with Crippen LogP contribution in [0.1, 0.15) is 13.3 Å². The van der Waals surface area contributed by atoms with Gasteiger partial charge in [0.1, 0.15) is 17.8 Å². The SMILES string of the molecule is CC1CC(N2CCOc3n[nH]c4nc(N)nc2c34)CO1. The molecule has 4 rings (SSSR count). The minimum Gasteiger partial charge on any atom is -0.474 e. The van der Waals surface area contributed by atoms with Crippen molar-refractivity contribution in [2.75, 3.05) is 30.4 Å². The predicted octanol–water partition coefficient (Wildman–Crippen LogP) is 0.311. The van der Waals surface area contributed by atoms with Crippen molar-refractivity contribution in [3.63, 3.8) is 0 Å². The largest absolute Gasteiger partial charge is 0.474 e. The fourth-order valence-corrected chi connectivity index (χ4v) is 2.93. The summed E-state index contributed by atoms with van der Waals surface area (Å²) in [5.74, 6) is 1.57. The van der Waals surface area contributed by atoms with E-state index in [1.54, 1.807) is 0 Å². The number of nitrogen functional groups attached to an aromatic ring is 1. The summed E-state index contributed by atoms with van der Waals surface area (Å²) in [5.41, 5.74) is 6.42. The van der Waals surface area contributed by atoms with Gasteiger partial charge in [-0.3, -0.25) is 5.10 Å². The first kappa shape index (κ1) is 11.7. The number of nitrogens with one attached hydrogen (secondary N) is 1. The van der Waals surface area contributed by atoms with Crippen LogP contribution in [0.2, 0.25) is 0 Å². The molecule has 4 heterocycles. The molecule has 2 aliphatic heterocycles. The zero-order valence-electron chi connectivity index (χ0n) is 11.2. The second-order valence-electron chi connectivity index (χ2n) is 5.23. The van der Waals surface area contributed by atoms with Gasteiger partial charge in [-0.15, -0.1) is 5.10 Å². The summed E-state index contributed by atoms with van der Waals surface area (Å²) in [6, 6.07) is 0.284. The van der Waals surface area contributed by atoms with Crippen LogP contribution < -0.4 is 15.4 Å². The Morgan fingerprint density at radius 3 is 3.10 bits per heavy atom. The van der Waals surface area contributed by atoms with Crippen LogP contribution in [0.3, 0.4) is 0 Å². The van der Waals surface area contributed by atoms with E-state index in [4.69, 9.17) is 15.2 Å². The summed E-state index contributed by atoms with van der Waals surface area (Å²) in [4.78, 5) is 10.8. The highest BCUT2D eigenvalue weighted by molar-refractivity contribution is 5.93. The molecule has 106 valence electrons. The standard InChI is InChI=1S/C12H16N6O2/c1-6-4-7(5-20-6)18-2-3-19-11-8-9(16-17-11)14-12(13)15-10(8)18/h6-7H,2-5H2,1H3,(H3,13,14,15,16,17). The van der Waals surface area contributed by atoms with Gasteiger partial charge < -0.3 is 20.1 Å². The molecule has 1 fully saturated rings. The van der Waals surface area contributed by atoms with Crippen LogP contribution in [0, 0.1) is 0 Å². The Balaban J connectivity index is 1.85. The summed E-state index contributed by atoms with van der Waals surface area (Å²) in [6.45, 7) is 4.07. The first-order valence-corrected chi connectivity index (χ1v) is 6.75. The molecule has 2 aromatic rings. The number of aromatic nitrogens is 4. The fourth-order valence-electron chi connectivity index (χ4n) is 2.93. The minimum absolute atomic E-state index is 0.238. The maximum Gasteiger partial charge on any atom is 0.246 e. The average molecular weight is 276 g/mol. The molecule has 1 saturated heterocycles. The first-order chi connectivity index (χ1) is 9.72. The predicted molar refractivity (Wildman–Crippen MR) is 72.8 cm³/mol. The monoisotopic (exact) mass is 276 g/mol. The summed E-state index contributed by atoms with van der Waals surface area (Å²) >= 11 is 0. The van der Waals surface area contributed by atoms with Crippen LogP contribution in [-0.4, -0.2) is 52.1 Å². The quantitative estimate of drug-likeness (QED) is 0.772. The molecule has 0 aromatic carbocycles. The Hall–Kier alpha value is -2.09. The zero-order chi connectivity index (χ0) is 13.7. The summed E-state index contributed by atoms with van der Waals surface area (Å²) in [7, 11) is 0. The lowest BCUT2D eigenvalue weighted by molar-refractivity contribution is 0.123. The third-order valence-electron chi connectivity index (χ3n) is 3.85. The van der Waals surface area contributed by atoms with Crippen LogP contribution >= 0.6 is 0 Å². The Labute approximate surface area is 115 Å². The van der Waals surface area contributed by atoms with Gasteiger partial charge >= 0.3 is 0 Å². The molecule has 0 aliphatic carbocycles. The molecule has 8 nitrogen and oxygen atoms in total. The molecule has 20 heavy (non-hydrogen) atoms. The van der Waals surface area contributed by atoms with Crippen molar-refractivity contribution in [3.05, 3.63) is 0 Å². The maximum absolute atomic E-state index is 5.80. The van der Waals surface area contributed by atoms with Gasteiger partial charge in [-0.25, -0.2) is 0 Å². The molecule has 2 unspecified atom stereocenters. The number of nitrogens with zero attached hydrogens (tertiary/aromatic N) is 4. The van der Waals surface area contributed by atoms with E-state index in [1.165, 1.54) is 0 Å². The molecule has 2 aromatic heterocycles. The van der Waals surface area contributed by atoms with Crippen LogP contribution in [0.15, 0.2) is 0 Å². The first-order valence-electron chi connectivity index (χ1n) is 6.75. The van der Waals surface area contributed by atoms with Gasteiger partial charge in [-0.05, 0) is 13.3 Å². The van der Waals surface area contributed by atoms with Crippen LogP contribution in [0.25, 0.3) is 11.0 Å². The third kappa shape index (κ3) is 1.68. The molecule has 2 aliphatic rings. The Morgan fingerprint density at radius 2 is 2.30 bits per heavy atom. The van der Waals surface area contributed by atoms with Gasteiger partial charge in [0.25, 0.3) is 0 Å². The highest BCUT2D eigenvalue weighted by atomic mass is 16.5. The number of ether oxygens (including phenoxy) is 2. The topological polar surface area (TPSA) is 102 Å². The van der Waals surface area contributed by atoms with Gasteiger partial charge in [0.2, 0.25) is 11.8 Å². The Morgan fingerprint density at radius 1 is 1.40 bits per heavy atom. The molecule has 8 heteroatoms. The lowest BCUT2D eigenvalue weighted by atomic mass is 10.1. The number of hydrogen-bond donors (Lipinski definition) is 2. The van der Waals surface area contributed by atoms with Crippen LogP contribution in [-0.2, 0) is 4.74 Å². The van der Waals surface area contributed by atoms with E-state index in [1.807, 2.05) is 0 Å². The van der Waals surface area contributed by atoms with Gasteiger partial charge in [0, 0.05) is 0 Å².